The van der Waals surface area contributed by atoms with E-state index in [2.05, 4.69) is 4.99 Å². The summed E-state index contributed by atoms with van der Waals surface area (Å²) in [6, 6.07) is 0. The first-order valence-corrected chi connectivity index (χ1v) is 4.37. The molecule has 0 amide bonds. The van der Waals surface area contributed by atoms with Crippen LogP contribution in [0.15, 0.2) is 28.9 Å². The Kier molecular flexibility index (Phi) is 5.20. The zero-order valence-corrected chi connectivity index (χ0v) is 8.52. The number of rotatable bonds is 3. The Balaban J connectivity index is 4.89. The second kappa shape index (κ2) is 5.62. The lowest BCUT2D eigenvalue weighted by molar-refractivity contribution is -0.0925. The molecular weight excluding hydrogens is 191 g/mol. The Morgan fingerprint density at radius 3 is 2.29 bits per heavy atom. The van der Waals surface area contributed by atoms with E-state index >= 15 is 0 Å². The predicted molar refractivity (Wildman–Crippen MR) is 52.4 cm³/mol. The van der Waals surface area contributed by atoms with Crippen molar-refractivity contribution in [3.8, 4) is 0 Å². The van der Waals surface area contributed by atoms with Crippen LogP contribution in [0.5, 0.6) is 0 Å². The first kappa shape index (κ1) is 12.9. The molecule has 0 unspecified atom stereocenters. The van der Waals surface area contributed by atoms with Gasteiger partial charge in [-0.25, -0.2) is 4.99 Å². The van der Waals surface area contributed by atoms with Gasteiger partial charge in [-0.15, -0.1) is 0 Å². The smallest absolute Gasteiger partial charge is 0.249 e. The van der Waals surface area contributed by atoms with Crippen molar-refractivity contribution in [2.75, 3.05) is 0 Å². The molecule has 0 aromatic rings. The van der Waals surface area contributed by atoms with E-state index in [9.17, 15) is 13.2 Å². The third-order valence-corrected chi connectivity index (χ3v) is 1.39. The summed E-state index contributed by atoms with van der Waals surface area (Å²) in [4.78, 5) is 3.49. The molecule has 0 saturated heterocycles. The van der Waals surface area contributed by atoms with E-state index in [4.69, 9.17) is 0 Å². The molecule has 0 aliphatic heterocycles. The quantitative estimate of drug-likeness (QED) is 0.620. The largest absolute Gasteiger partial charge is 0.433 e. The Hall–Kier alpha value is -1.06. The van der Waals surface area contributed by atoms with Gasteiger partial charge in [-0.3, -0.25) is 0 Å². The van der Waals surface area contributed by atoms with Crippen molar-refractivity contribution in [1.82, 2.24) is 0 Å². The van der Waals surface area contributed by atoms with Crippen LogP contribution >= 0.6 is 0 Å². The number of alkyl halides is 3. The minimum Gasteiger partial charge on any atom is -0.249 e. The number of aliphatic imine (C=N–C) groups is 1. The first-order valence-electron chi connectivity index (χ1n) is 4.37. The van der Waals surface area contributed by atoms with Crippen molar-refractivity contribution in [3.63, 3.8) is 0 Å². The maximum absolute atomic E-state index is 12.3. The SMILES string of the molecule is C\C=C/C(C)=N\C(=C\CC)C(F)(F)F. The van der Waals surface area contributed by atoms with Gasteiger partial charge in [0.2, 0.25) is 0 Å². The number of halogens is 3. The van der Waals surface area contributed by atoms with Crippen LogP contribution < -0.4 is 0 Å². The van der Waals surface area contributed by atoms with E-state index < -0.39 is 11.9 Å². The van der Waals surface area contributed by atoms with Crippen molar-refractivity contribution >= 4 is 5.71 Å². The van der Waals surface area contributed by atoms with Crippen LogP contribution in [0, 0.1) is 0 Å². The number of allylic oxidation sites excluding steroid dienone is 4. The highest BCUT2D eigenvalue weighted by Gasteiger charge is 2.33. The molecule has 0 aromatic heterocycles. The molecule has 0 spiro atoms. The molecule has 0 atom stereocenters. The molecule has 0 fully saturated rings. The Morgan fingerprint density at radius 1 is 1.36 bits per heavy atom. The summed E-state index contributed by atoms with van der Waals surface area (Å²) in [7, 11) is 0. The monoisotopic (exact) mass is 205 g/mol. The van der Waals surface area contributed by atoms with Gasteiger partial charge >= 0.3 is 6.18 Å². The van der Waals surface area contributed by atoms with E-state index in [1.165, 1.54) is 13.0 Å². The van der Waals surface area contributed by atoms with Gasteiger partial charge in [-0.1, -0.05) is 19.1 Å². The van der Waals surface area contributed by atoms with Crippen molar-refractivity contribution in [1.29, 1.82) is 0 Å². The van der Waals surface area contributed by atoms with Gasteiger partial charge in [-0.2, -0.15) is 13.2 Å². The van der Waals surface area contributed by atoms with E-state index in [0.29, 0.717) is 12.1 Å². The van der Waals surface area contributed by atoms with Crippen molar-refractivity contribution in [2.24, 2.45) is 4.99 Å². The summed E-state index contributed by atoms with van der Waals surface area (Å²) in [6.45, 7) is 4.91. The lowest BCUT2D eigenvalue weighted by Crippen LogP contribution is -2.11. The highest BCUT2D eigenvalue weighted by atomic mass is 19.4. The van der Waals surface area contributed by atoms with Gasteiger partial charge in [0.1, 0.15) is 5.70 Å². The summed E-state index contributed by atoms with van der Waals surface area (Å²) in [5, 5.41) is 0. The lowest BCUT2D eigenvalue weighted by atomic mass is 10.3. The standard InChI is InChI=1S/C10H14F3N/c1-4-6-8(3)14-9(7-5-2)10(11,12)13/h4,6-7H,5H2,1-3H3/b6-4-,9-7+,14-8-. The van der Waals surface area contributed by atoms with Gasteiger partial charge in [0.15, 0.2) is 0 Å². The van der Waals surface area contributed by atoms with Crippen LogP contribution in [-0.4, -0.2) is 11.9 Å². The molecule has 0 aromatic carbocycles. The Labute approximate surface area is 82.0 Å². The van der Waals surface area contributed by atoms with E-state index in [0.717, 1.165) is 6.08 Å². The highest BCUT2D eigenvalue weighted by Crippen LogP contribution is 2.27. The van der Waals surface area contributed by atoms with Crippen molar-refractivity contribution in [3.05, 3.63) is 23.9 Å². The molecule has 0 saturated carbocycles. The van der Waals surface area contributed by atoms with Crippen LogP contribution in [0.25, 0.3) is 0 Å². The molecule has 80 valence electrons. The number of nitrogens with zero attached hydrogens (tertiary/aromatic N) is 1. The molecule has 0 N–H and O–H groups in total. The topological polar surface area (TPSA) is 12.4 Å². The minimum atomic E-state index is -4.36. The fourth-order valence-corrected chi connectivity index (χ4v) is 0.887. The third kappa shape index (κ3) is 4.84. The van der Waals surface area contributed by atoms with E-state index in [1.54, 1.807) is 19.9 Å². The van der Waals surface area contributed by atoms with Crippen LogP contribution in [0.1, 0.15) is 27.2 Å². The lowest BCUT2D eigenvalue weighted by Gasteiger charge is -2.06. The fraction of sp³-hybridized carbons (Fsp3) is 0.500. The molecule has 0 rings (SSSR count). The second-order valence-electron chi connectivity index (χ2n) is 2.75. The molecule has 0 aliphatic rings. The first-order chi connectivity index (χ1) is 6.41. The van der Waals surface area contributed by atoms with E-state index in [1.807, 2.05) is 0 Å². The summed E-state index contributed by atoms with van der Waals surface area (Å²) in [5.74, 6) is 0. The van der Waals surface area contributed by atoms with Crippen LogP contribution in [0.4, 0.5) is 13.2 Å². The van der Waals surface area contributed by atoms with Crippen LogP contribution in [-0.2, 0) is 0 Å². The molecule has 0 aliphatic carbocycles. The molecule has 4 heteroatoms. The molecule has 0 radical (unpaired) electrons. The second-order valence-corrected chi connectivity index (χ2v) is 2.75. The molecule has 14 heavy (non-hydrogen) atoms. The van der Waals surface area contributed by atoms with Gasteiger partial charge in [-0.05, 0) is 26.3 Å². The normalized spacial score (nSPS) is 15.3. The highest BCUT2D eigenvalue weighted by molar-refractivity contribution is 5.93. The molecule has 0 heterocycles. The fourth-order valence-electron chi connectivity index (χ4n) is 0.887. The molecule has 0 bridgehead atoms. The van der Waals surface area contributed by atoms with Gasteiger partial charge < -0.3 is 0 Å². The maximum Gasteiger partial charge on any atom is 0.433 e. The van der Waals surface area contributed by atoms with Gasteiger partial charge in [0, 0.05) is 5.71 Å². The van der Waals surface area contributed by atoms with Crippen LogP contribution in [0.2, 0.25) is 0 Å². The van der Waals surface area contributed by atoms with Crippen molar-refractivity contribution in [2.45, 2.75) is 33.4 Å². The summed E-state index contributed by atoms with van der Waals surface area (Å²) in [6.07, 6.45) is 0.224. The average Bonchev–Trinajstić information content (AvgIpc) is 2.02. The third-order valence-electron chi connectivity index (χ3n) is 1.39. The number of hydrogen-bond acceptors (Lipinski definition) is 1. The van der Waals surface area contributed by atoms with Gasteiger partial charge in [0.25, 0.3) is 0 Å². The molecular formula is C10H14F3N. The number of hydrogen-bond donors (Lipinski definition) is 0. The molecule has 1 nitrogen and oxygen atoms in total. The minimum absolute atomic E-state index is 0.321. The predicted octanol–water partition coefficient (Wildman–Crippen LogP) is 3.88. The zero-order valence-electron chi connectivity index (χ0n) is 8.52. The van der Waals surface area contributed by atoms with E-state index in [-0.39, 0.29) is 0 Å². The summed E-state index contributed by atoms with van der Waals surface area (Å²) >= 11 is 0. The summed E-state index contributed by atoms with van der Waals surface area (Å²) in [5.41, 5.74) is -0.472. The summed E-state index contributed by atoms with van der Waals surface area (Å²) < 4.78 is 36.9. The Bertz CT molecular complexity index is 259. The maximum atomic E-state index is 12.3. The average molecular weight is 205 g/mol. The zero-order chi connectivity index (χ0) is 11.2. The van der Waals surface area contributed by atoms with Crippen molar-refractivity contribution < 1.29 is 13.2 Å². The van der Waals surface area contributed by atoms with Gasteiger partial charge in [0.05, 0.1) is 0 Å². The van der Waals surface area contributed by atoms with Crippen LogP contribution in [0.3, 0.4) is 0 Å². The Morgan fingerprint density at radius 2 is 1.93 bits per heavy atom.